The average Bonchev–Trinajstić information content (AvgIpc) is 2.68. The zero-order valence-corrected chi connectivity index (χ0v) is 16.1. The highest BCUT2D eigenvalue weighted by molar-refractivity contribution is 6.30. The van der Waals surface area contributed by atoms with E-state index < -0.39 is 0 Å². The normalized spacial score (nSPS) is 14.4. The fourth-order valence-corrected chi connectivity index (χ4v) is 3.72. The fraction of sp³-hybridized carbons (Fsp3) is 0.273. The van der Waals surface area contributed by atoms with Crippen LogP contribution < -0.4 is 5.32 Å². The second kappa shape index (κ2) is 7.57. The number of carbonyl (C=O) groups is 1. The number of piperidine rings is 1. The highest BCUT2D eigenvalue weighted by Gasteiger charge is 2.21. The van der Waals surface area contributed by atoms with Crippen molar-refractivity contribution in [3.05, 3.63) is 64.8 Å². The van der Waals surface area contributed by atoms with Gasteiger partial charge in [0.2, 0.25) is 0 Å². The first-order valence-corrected chi connectivity index (χ1v) is 9.71. The molecule has 27 heavy (non-hydrogen) atoms. The molecule has 1 N–H and O–H groups in total. The molecule has 4 rings (SSSR count). The van der Waals surface area contributed by atoms with Gasteiger partial charge in [-0.2, -0.15) is 0 Å². The molecule has 5 heteroatoms. The summed E-state index contributed by atoms with van der Waals surface area (Å²) >= 11 is 6.12. The van der Waals surface area contributed by atoms with Gasteiger partial charge in [-0.15, -0.1) is 0 Å². The topological polar surface area (TPSA) is 45.2 Å². The Morgan fingerprint density at radius 1 is 1.07 bits per heavy atom. The lowest BCUT2D eigenvalue weighted by atomic mass is 10.1. The molecule has 0 spiro atoms. The van der Waals surface area contributed by atoms with Crippen molar-refractivity contribution >= 4 is 39.8 Å². The van der Waals surface area contributed by atoms with Gasteiger partial charge in [-0.1, -0.05) is 29.3 Å². The van der Waals surface area contributed by atoms with Crippen LogP contribution in [-0.4, -0.2) is 28.9 Å². The van der Waals surface area contributed by atoms with E-state index in [4.69, 9.17) is 11.6 Å². The van der Waals surface area contributed by atoms with E-state index in [-0.39, 0.29) is 5.91 Å². The van der Waals surface area contributed by atoms with Crippen LogP contribution >= 0.6 is 11.6 Å². The number of anilines is 2. The second-order valence-corrected chi connectivity index (χ2v) is 7.50. The summed E-state index contributed by atoms with van der Waals surface area (Å²) in [6.45, 7) is 3.67. The number of halogens is 1. The lowest BCUT2D eigenvalue weighted by molar-refractivity contribution is 0.0719. The van der Waals surface area contributed by atoms with Crippen molar-refractivity contribution in [3.8, 4) is 0 Å². The number of nitrogens with one attached hydrogen (secondary N) is 1. The Labute approximate surface area is 164 Å². The summed E-state index contributed by atoms with van der Waals surface area (Å²) in [7, 11) is 0. The van der Waals surface area contributed by atoms with E-state index in [2.05, 4.69) is 23.3 Å². The van der Waals surface area contributed by atoms with Gasteiger partial charge in [0.25, 0.3) is 5.91 Å². The minimum absolute atomic E-state index is 0.00585. The molecule has 1 aliphatic rings. The molecule has 1 amide bonds. The summed E-state index contributed by atoms with van der Waals surface area (Å²) in [4.78, 5) is 19.5. The summed E-state index contributed by atoms with van der Waals surface area (Å²) in [5, 5.41) is 5.07. The number of likely N-dealkylation sites (tertiary alicyclic amines) is 1. The van der Waals surface area contributed by atoms with Crippen LogP contribution in [0.1, 0.15) is 35.3 Å². The molecule has 0 unspecified atom stereocenters. The average molecular weight is 380 g/mol. The number of carbonyl (C=O) groups excluding carboxylic acids is 1. The van der Waals surface area contributed by atoms with Crippen LogP contribution in [0.25, 0.3) is 10.9 Å². The van der Waals surface area contributed by atoms with E-state index >= 15 is 0 Å². The zero-order valence-electron chi connectivity index (χ0n) is 15.3. The third-order valence-corrected chi connectivity index (χ3v) is 5.17. The van der Waals surface area contributed by atoms with Gasteiger partial charge in [-0.25, -0.2) is 4.98 Å². The number of hydrogen-bond donors (Lipinski definition) is 1. The first kappa shape index (κ1) is 17.8. The van der Waals surface area contributed by atoms with Gasteiger partial charge < -0.3 is 10.2 Å². The van der Waals surface area contributed by atoms with E-state index in [1.54, 1.807) is 0 Å². The van der Waals surface area contributed by atoms with Gasteiger partial charge in [0.05, 0.1) is 11.2 Å². The molecule has 1 aromatic heterocycles. The molecule has 2 heterocycles. The maximum atomic E-state index is 13.0. The molecule has 0 radical (unpaired) electrons. The van der Waals surface area contributed by atoms with Crippen LogP contribution in [-0.2, 0) is 0 Å². The van der Waals surface area contributed by atoms with Crippen LogP contribution in [0, 0.1) is 6.92 Å². The van der Waals surface area contributed by atoms with E-state index in [0.29, 0.717) is 10.7 Å². The molecule has 0 aliphatic carbocycles. The molecule has 0 atom stereocenters. The summed E-state index contributed by atoms with van der Waals surface area (Å²) < 4.78 is 0. The summed E-state index contributed by atoms with van der Waals surface area (Å²) in [6, 6.07) is 15.5. The molecule has 2 aromatic carbocycles. The highest BCUT2D eigenvalue weighted by Crippen LogP contribution is 2.29. The van der Waals surface area contributed by atoms with E-state index in [1.807, 2.05) is 47.4 Å². The molecular formula is C22H22ClN3O. The Hall–Kier alpha value is -2.59. The van der Waals surface area contributed by atoms with Crippen LogP contribution in [0.15, 0.2) is 48.5 Å². The van der Waals surface area contributed by atoms with Gasteiger partial charge in [0.15, 0.2) is 0 Å². The number of hydrogen-bond acceptors (Lipinski definition) is 3. The Bertz CT molecular complexity index is 996. The smallest absolute Gasteiger partial charge is 0.272 e. The molecule has 3 aromatic rings. The molecule has 0 saturated carbocycles. The van der Waals surface area contributed by atoms with Crippen molar-refractivity contribution in [2.75, 3.05) is 18.4 Å². The van der Waals surface area contributed by atoms with Crippen molar-refractivity contribution in [2.45, 2.75) is 26.2 Å². The van der Waals surface area contributed by atoms with E-state index in [0.717, 1.165) is 53.8 Å². The van der Waals surface area contributed by atoms with Crippen LogP contribution in [0.4, 0.5) is 11.4 Å². The lowest BCUT2D eigenvalue weighted by Gasteiger charge is -2.26. The number of amides is 1. The zero-order chi connectivity index (χ0) is 18.8. The monoisotopic (exact) mass is 379 g/mol. The first-order chi connectivity index (χ1) is 13.1. The lowest BCUT2D eigenvalue weighted by Crippen LogP contribution is -2.36. The summed E-state index contributed by atoms with van der Waals surface area (Å²) in [5.41, 5.74) is 4.19. The number of rotatable bonds is 3. The number of benzene rings is 2. The Morgan fingerprint density at radius 3 is 2.67 bits per heavy atom. The van der Waals surface area contributed by atoms with Gasteiger partial charge >= 0.3 is 0 Å². The van der Waals surface area contributed by atoms with Crippen LogP contribution in [0.2, 0.25) is 5.02 Å². The summed E-state index contributed by atoms with van der Waals surface area (Å²) in [6.07, 6.45) is 3.31. The van der Waals surface area contributed by atoms with Gasteiger partial charge in [-0.05, 0) is 62.6 Å². The van der Waals surface area contributed by atoms with Crippen molar-refractivity contribution in [1.29, 1.82) is 0 Å². The van der Waals surface area contributed by atoms with Gasteiger partial charge in [0, 0.05) is 29.2 Å². The van der Waals surface area contributed by atoms with Crippen molar-refractivity contribution in [3.63, 3.8) is 0 Å². The largest absolute Gasteiger partial charge is 0.355 e. The van der Waals surface area contributed by atoms with E-state index in [1.165, 1.54) is 6.42 Å². The minimum Gasteiger partial charge on any atom is -0.355 e. The van der Waals surface area contributed by atoms with Crippen LogP contribution in [0.5, 0.6) is 0 Å². The molecular weight excluding hydrogens is 358 g/mol. The van der Waals surface area contributed by atoms with Crippen molar-refractivity contribution in [2.24, 2.45) is 0 Å². The van der Waals surface area contributed by atoms with Gasteiger partial charge in [-0.3, -0.25) is 4.79 Å². The maximum absolute atomic E-state index is 13.0. The number of aromatic nitrogens is 1. The molecule has 1 aliphatic heterocycles. The Balaban J connectivity index is 1.77. The second-order valence-electron chi connectivity index (χ2n) is 7.06. The fourth-order valence-electron chi connectivity index (χ4n) is 3.53. The molecule has 1 fully saturated rings. The molecule has 138 valence electrons. The van der Waals surface area contributed by atoms with E-state index in [9.17, 15) is 4.79 Å². The Kier molecular flexibility index (Phi) is 4.99. The Morgan fingerprint density at radius 2 is 1.89 bits per heavy atom. The number of pyridine rings is 1. The number of fused-ring (bicyclic) bond motifs is 1. The van der Waals surface area contributed by atoms with Crippen molar-refractivity contribution in [1.82, 2.24) is 9.88 Å². The SMILES string of the molecule is Cc1ccc2nc(C(=O)N3CCCCC3)cc(Nc3cccc(Cl)c3)c2c1. The molecule has 0 bridgehead atoms. The van der Waals surface area contributed by atoms with Gasteiger partial charge in [0.1, 0.15) is 5.69 Å². The first-order valence-electron chi connectivity index (χ1n) is 9.33. The maximum Gasteiger partial charge on any atom is 0.272 e. The highest BCUT2D eigenvalue weighted by atomic mass is 35.5. The van der Waals surface area contributed by atoms with Crippen molar-refractivity contribution < 1.29 is 4.79 Å². The number of nitrogens with zero attached hydrogens (tertiary/aromatic N) is 2. The predicted molar refractivity (Wildman–Crippen MR) is 111 cm³/mol. The molecule has 1 saturated heterocycles. The minimum atomic E-state index is 0.00585. The standard InChI is InChI=1S/C22H22ClN3O/c1-15-8-9-19-18(12-15)20(24-17-7-5-6-16(23)13-17)14-21(25-19)22(27)26-10-3-2-4-11-26/h5-9,12-14H,2-4,10-11H2,1H3,(H,24,25). The molecule has 4 nitrogen and oxygen atoms in total. The third kappa shape index (κ3) is 3.91. The third-order valence-electron chi connectivity index (χ3n) is 4.93. The summed E-state index contributed by atoms with van der Waals surface area (Å²) in [5.74, 6) is 0.00585. The predicted octanol–water partition coefficient (Wildman–Crippen LogP) is 5.57. The van der Waals surface area contributed by atoms with Crippen LogP contribution in [0.3, 0.4) is 0 Å². The number of aryl methyl sites for hydroxylation is 1. The quantitative estimate of drug-likeness (QED) is 0.647.